The van der Waals surface area contributed by atoms with Gasteiger partial charge in [0.15, 0.2) is 0 Å². The second-order valence-electron chi connectivity index (χ2n) is 7.07. The summed E-state index contributed by atoms with van der Waals surface area (Å²) in [6.07, 6.45) is 7.61. The van der Waals surface area contributed by atoms with Gasteiger partial charge in [0.1, 0.15) is 0 Å². The second kappa shape index (κ2) is 5.64. The van der Waals surface area contributed by atoms with Crippen LogP contribution >= 0.6 is 0 Å². The van der Waals surface area contributed by atoms with E-state index in [1.807, 2.05) is 12.3 Å². The van der Waals surface area contributed by atoms with Crippen molar-refractivity contribution in [1.29, 1.82) is 0 Å². The Morgan fingerprint density at radius 3 is 2.91 bits per heavy atom. The number of aliphatic hydroxyl groups excluding tert-OH is 1. The van der Waals surface area contributed by atoms with Crippen LogP contribution < -0.4 is 0 Å². The number of piperidine rings is 1. The first-order chi connectivity index (χ1) is 10.8. The van der Waals surface area contributed by atoms with Crippen LogP contribution in [0.3, 0.4) is 0 Å². The van der Waals surface area contributed by atoms with Crippen LogP contribution in [0.1, 0.15) is 37.7 Å². The first-order valence-corrected chi connectivity index (χ1v) is 8.50. The highest BCUT2D eigenvalue weighted by molar-refractivity contribution is 5.81. The van der Waals surface area contributed by atoms with Crippen LogP contribution in [-0.2, 0) is 6.54 Å². The third-order valence-corrected chi connectivity index (χ3v) is 5.68. The maximum Gasteiger partial charge on any atom is 0.0705 e. The normalized spacial score (nSPS) is 29.4. The lowest BCUT2D eigenvalue weighted by Gasteiger charge is -2.42. The molecule has 1 aromatic heterocycles. The molecular formula is C19H24N2O. The predicted octanol–water partition coefficient (Wildman–Crippen LogP) is 3.36. The molecule has 3 heteroatoms. The Morgan fingerprint density at radius 2 is 2.05 bits per heavy atom. The van der Waals surface area contributed by atoms with Crippen LogP contribution in [0.25, 0.3) is 10.9 Å². The number of fused-ring (bicyclic) bond motifs is 1. The summed E-state index contributed by atoms with van der Waals surface area (Å²) in [4.78, 5) is 7.00. The molecule has 2 fully saturated rings. The molecule has 1 saturated heterocycles. The fourth-order valence-electron chi connectivity index (χ4n) is 4.52. The monoisotopic (exact) mass is 296 g/mol. The van der Waals surface area contributed by atoms with E-state index in [-0.39, 0.29) is 11.5 Å². The maximum atomic E-state index is 10.4. The molecule has 3 nitrogen and oxygen atoms in total. The molecule has 0 amide bonds. The zero-order valence-corrected chi connectivity index (χ0v) is 13.0. The molecule has 4 rings (SSSR count). The standard InChI is InChI=1S/C19H24N2O/c22-18-7-3-9-19(18)10-4-12-21(14-19)13-15-8-11-20-17-6-2-1-5-16(15)17/h1-2,5-6,8,11,18,22H,3-4,7,9-10,12-14H2/t18-,19-/m1/s1. The van der Waals surface area contributed by atoms with Crippen LogP contribution in [0.5, 0.6) is 0 Å². The van der Waals surface area contributed by atoms with Crippen LogP contribution in [0.2, 0.25) is 0 Å². The fourth-order valence-corrected chi connectivity index (χ4v) is 4.52. The SMILES string of the molecule is O[C@@H]1CCC[C@]12CCCN(Cc1ccnc3ccccc13)C2. The molecule has 2 aliphatic rings. The highest BCUT2D eigenvalue weighted by Crippen LogP contribution is 2.45. The third-order valence-electron chi connectivity index (χ3n) is 5.68. The highest BCUT2D eigenvalue weighted by atomic mass is 16.3. The number of benzene rings is 1. The van der Waals surface area contributed by atoms with E-state index in [1.165, 1.54) is 36.6 Å². The van der Waals surface area contributed by atoms with Gasteiger partial charge in [0.05, 0.1) is 11.6 Å². The molecule has 0 bridgehead atoms. The van der Waals surface area contributed by atoms with Crippen molar-refractivity contribution in [1.82, 2.24) is 9.88 Å². The summed E-state index contributed by atoms with van der Waals surface area (Å²) < 4.78 is 0. The molecule has 0 unspecified atom stereocenters. The predicted molar refractivity (Wildman–Crippen MR) is 88.5 cm³/mol. The Hall–Kier alpha value is -1.45. The van der Waals surface area contributed by atoms with E-state index in [1.54, 1.807) is 0 Å². The number of aromatic nitrogens is 1. The summed E-state index contributed by atoms with van der Waals surface area (Å²) in [7, 11) is 0. The lowest BCUT2D eigenvalue weighted by Crippen LogP contribution is -2.46. The van der Waals surface area contributed by atoms with Crippen molar-refractivity contribution in [2.45, 2.75) is 44.8 Å². The van der Waals surface area contributed by atoms with E-state index in [9.17, 15) is 5.11 Å². The summed E-state index contributed by atoms with van der Waals surface area (Å²) in [6.45, 7) is 3.16. The van der Waals surface area contributed by atoms with Crippen molar-refractivity contribution >= 4 is 10.9 Å². The largest absolute Gasteiger partial charge is 0.393 e. The third kappa shape index (κ3) is 2.42. The first-order valence-electron chi connectivity index (χ1n) is 8.50. The molecule has 2 aromatic rings. The molecule has 1 aliphatic carbocycles. The van der Waals surface area contributed by atoms with Crippen LogP contribution in [-0.4, -0.2) is 34.2 Å². The Balaban J connectivity index is 1.57. The van der Waals surface area contributed by atoms with Gasteiger partial charge in [-0.3, -0.25) is 9.88 Å². The van der Waals surface area contributed by atoms with Gasteiger partial charge in [0.25, 0.3) is 0 Å². The second-order valence-corrected chi connectivity index (χ2v) is 7.07. The van der Waals surface area contributed by atoms with Gasteiger partial charge in [-0.15, -0.1) is 0 Å². The number of pyridine rings is 1. The molecule has 0 radical (unpaired) electrons. The summed E-state index contributed by atoms with van der Waals surface area (Å²) >= 11 is 0. The average molecular weight is 296 g/mol. The molecule has 1 N–H and O–H groups in total. The van der Waals surface area contributed by atoms with E-state index >= 15 is 0 Å². The smallest absolute Gasteiger partial charge is 0.0705 e. The molecule has 1 spiro atoms. The molecule has 1 aromatic carbocycles. The number of nitrogens with zero attached hydrogens (tertiary/aromatic N) is 2. The summed E-state index contributed by atoms with van der Waals surface area (Å²) in [5, 5.41) is 11.7. The highest BCUT2D eigenvalue weighted by Gasteiger charge is 2.44. The van der Waals surface area contributed by atoms with Crippen molar-refractivity contribution in [2.75, 3.05) is 13.1 Å². The van der Waals surface area contributed by atoms with Gasteiger partial charge in [-0.25, -0.2) is 0 Å². The van der Waals surface area contributed by atoms with Gasteiger partial charge in [0, 0.05) is 30.1 Å². The zero-order chi connectivity index (χ0) is 15.0. The van der Waals surface area contributed by atoms with E-state index in [0.29, 0.717) is 0 Å². The van der Waals surface area contributed by atoms with E-state index in [2.05, 4.69) is 34.1 Å². The van der Waals surface area contributed by atoms with Crippen molar-refractivity contribution < 1.29 is 5.11 Å². The number of hydrogen-bond acceptors (Lipinski definition) is 3. The number of aliphatic hydroxyl groups is 1. The fraction of sp³-hybridized carbons (Fsp3) is 0.526. The number of para-hydroxylation sites is 1. The molecule has 1 aliphatic heterocycles. The van der Waals surface area contributed by atoms with Crippen molar-refractivity contribution in [3.8, 4) is 0 Å². The molecule has 1 saturated carbocycles. The lowest BCUT2D eigenvalue weighted by atomic mass is 9.76. The van der Waals surface area contributed by atoms with Gasteiger partial charge in [-0.05, 0) is 49.9 Å². The minimum absolute atomic E-state index is 0.0931. The Kier molecular flexibility index (Phi) is 3.63. The number of rotatable bonds is 2. The van der Waals surface area contributed by atoms with E-state index < -0.39 is 0 Å². The van der Waals surface area contributed by atoms with Crippen LogP contribution in [0.15, 0.2) is 36.5 Å². The first kappa shape index (κ1) is 14.2. The Labute approximate surface area is 132 Å². The minimum Gasteiger partial charge on any atom is -0.393 e. The van der Waals surface area contributed by atoms with Gasteiger partial charge >= 0.3 is 0 Å². The quantitative estimate of drug-likeness (QED) is 0.923. The Bertz CT molecular complexity index is 666. The topological polar surface area (TPSA) is 36.4 Å². The van der Waals surface area contributed by atoms with Crippen molar-refractivity contribution in [3.05, 3.63) is 42.1 Å². The summed E-state index contributed by atoms with van der Waals surface area (Å²) in [6, 6.07) is 10.5. The van der Waals surface area contributed by atoms with Crippen LogP contribution in [0, 0.1) is 5.41 Å². The van der Waals surface area contributed by atoms with Gasteiger partial charge in [-0.1, -0.05) is 24.6 Å². The zero-order valence-electron chi connectivity index (χ0n) is 13.0. The van der Waals surface area contributed by atoms with Gasteiger partial charge < -0.3 is 5.11 Å². The maximum absolute atomic E-state index is 10.4. The lowest BCUT2D eigenvalue weighted by molar-refractivity contribution is -0.0119. The molecular weight excluding hydrogens is 272 g/mol. The van der Waals surface area contributed by atoms with Crippen molar-refractivity contribution in [3.63, 3.8) is 0 Å². The summed E-state index contributed by atoms with van der Waals surface area (Å²) in [5.74, 6) is 0. The minimum atomic E-state index is -0.0931. The number of likely N-dealkylation sites (tertiary alicyclic amines) is 1. The van der Waals surface area contributed by atoms with E-state index in [0.717, 1.165) is 31.6 Å². The average Bonchev–Trinajstić information content (AvgIpc) is 2.88. The summed E-state index contributed by atoms with van der Waals surface area (Å²) in [5.41, 5.74) is 2.60. The van der Waals surface area contributed by atoms with E-state index in [4.69, 9.17) is 0 Å². The van der Waals surface area contributed by atoms with Gasteiger partial charge in [-0.2, -0.15) is 0 Å². The van der Waals surface area contributed by atoms with Crippen LogP contribution in [0.4, 0.5) is 0 Å². The molecule has 2 atom stereocenters. The Morgan fingerprint density at radius 1 is 1.18 bits per heavy atom. The van der Waals surface area contributed by atoms with Gasteiger partial charge in [0.2, 0.25) is 0 Å². The number of hydrogen-bond donors (Lipinski definition) is 1. The molecule has 116 valence electrons. The molecule has 2 heterocycles. The molecule has 22 heavy (non-hydrogen) atoms. The van der Waals surface area contributed by atoms with Crippen molar-refractivity contribution in [2.24, 2.45) is 5.41 Å².